The molecule has 3 aliphatic rings. The average molecular weight is 339 g/mol. The van der Waals surface area contributed by atoms with Crippen LogP contribution in [0.2, 0.25) is 0 Å². The maximum atomic E-state index is 2.70. The summed E-state index contributed by atoms with van der Waals surface area (Å²) in [7, 11) is 2.38. The molecule has 0 bridgehead atoms. The highest BCUT2D eigenvalue weighted by Gasteiger charge is 2.43. The number of anilines is 1. The van der Waals surface area contributed by atoms with Crippen molar-refractivity contribution in [3.05, 3.63) is 41.2 Å². The quantitative estimate of drug-likeness (QED) is 0.659. The molecular weight excluding hydrogens is 304 g/mol. The van der Waals surface area contributed by atoms with Gasteiger partial charge in [0, 0.05) is 30.0 Å². The molecule has 2 heteroatoms. The average Bonchev–Trinajstić information content (AvgIpc) is 3.23. The largest absolute Gasteiger partial charge is 0.355 e. The maximum absolute atomic E-state index is 2.70. The number of benzene rings is 1. The Kier molecular flexibility index (Phi) is 4.80. The first-order valence-corrected chi connectivity index (χ1v) is 10.5. The molecule has 0 N–H and O–H groups in total. The third kappa shape index (κ3) is 2.98. The first-order valence-electron chi connectivity index (χ1n) is 10.5. The minimum Gasteiger partial charge on any atom is -0.355 e. The normalized spacial score (nSPS) is 26.1. The second-order valence-electron chi connectivity index (χ2n) is 8.53. The zero-order chi connectivity index (χ0) is 17.4. The summed E-state index contributed by atoms with van der Waals surface area (Å²) in [5, 5.41) is 0. The lowest BCUT2D eigenvalue weighted by atomic mass is 9.86. The van der Waals surface area contributed by atoms with Crippen LogP contribution < -0.4 is 4.90 Å². The van der Waals surface area contributed by atoms with E-state index in [-0.39, 0.29) is 0 Å². The molecule has 0 radical (unpaired) electrons. The van der Waals surface area contributed by atoms with Gasteiger partial charge in [-0.05, 0) is 57.1 Å². The van der Waals surface area contributed by atoms with E-state index in [0.717, 1.165) is 11.8 Å². The molecule has 1 aliphatic heterocycles. The Bertz CT molecular complexity index is 635. The van der Waals surface area contributed by atoms with Crippen LogP contribution in [0, 0.1) is 18.8 Å². The van der Waals surface area contributed by atoms with Crippen LogP contribution in [-0.2, 0) is 0 Å². The molecule has 2 aliphatic carbocycles. The van der Waals surface area contributed by atoms with Crippen molar-refractivity contribution < 1.29 is 0 Å². The molecule has 2 nitrogen and oxygen atoms in total. The van der Waals surface area contributed by atoms with E-state index >= 15 is 0 Å². The van der Waals surface area contributed by atoms with Crippen LogP contribution in [0.3, 0.4) is 0 Å². The fourth-order valence-corrected chi connectivity index (χ4v) is 5.79. The summed E-state index contributed by atoms with van der Waals surface area (Å²) in [5.41, 5.74) is 6.01. The van der Waals surface area contributed by atoms with Gasteiger partial charge in [0.1, 0.15) is 6.17 Å². The van der Waals surface area contributed by atoms with Crippen molar-refractivity contribution in [2.75, 3.05) is 11.9 Å². The van der Waals surface area contributed by atoms with Crippen molar-refractivity contribution in [1.82, 2.24) is 4.90 Å². The van der Waals surface area contributed by atoms with Gasteiger partial charge in [-0.2, -0.15) is 0 Å². The molecule has 1 atom stereocenters. The van der Waals surface area contributed by atoms with Crippen molar-refractivity contribution in [3.63, 3.8) is 0 Å². The predicted octanol–water partition coefficient (Wildman–Crippen LogP) is 6.07. The number of nitrogens with zero attached hydrogens (tertiary/aromatic N) is 2. The van der Waals surface area contributed by atoms with Crippen molar-refractivity contribution in [1.29, 1.82) is 0 Å². The van der Waals surface area contributed by atoms with Crippen LogP contribution in [0.15, 0.2) is 35.7 Å². The Morgan fingerprint density at radius 1 is 0.840 bits per heavy atom. The third-order valence-electron chi connectivity index (χ3n) is 6.96. The van der Waals surface area contributed by atoms with Crippen LogP contribution in [-0.4, -0.2) is 18.1 Å². The van der Waals surface area contributed by atoms with Crippen LogP contribution in [0.4, 0.5) is 5.69 Å². The second-order valence-corrected chi connectivity index (χ2v) is 8.53. The molecule has 0 aromatic heterocycles. The molecule has 136 valence electrons. The summed E-state index contributed by atoms with van der Waals surface area (Å²) in [5.74, 6) is 1.58. The highest BCUT2D eigenvalue weighted by molar-refractivity contribution is 5.61. The van der Waals surface area contributed by atoms with Gasteiger partial charge in [-0.1, -0.05) is 50.3 Å². The number of hydrogen-bond acceptors (Lipinski definition) is 2. The molecule has 0 saturated heterocycles. The zero-order valence-corrected chi connectivity index (χ0v) is 16.3. The first kappa shape index (κ1) is 17.0. The summed E-state index contributed by atoms with van der Waals surface area (Å²) in [6.07, 6.45) is 13.2. The van der Waals surface area contributed by atoms with Crippen molar-refractivity contribution >= 4 is 5.69 Å². The predicted molar refractivity (Wildman–Crippen MR) is 106 cm³/mol. The molecule has 4 rings (SSSR count). The van der Waals surface area contributed by atoms with Crippen molar-refractivity contribution in [2.45, 2.75) is 77.8 Å². The van der Waals surface area contributed by atoms with Gasteiger partial charge in [0.25, 0.3) is 0 Å². The van der Waals surface area contributed by atoms with E-state index in [2.05, 4.69) is 55.0 Å². The van der Waals surface area contributed by atoms with Crippen LogP contribution in [0.5, 0.6) is 0 Å². The van der Waals surface area contributed by atoms with E-state index in [4.69, 9.17) is 0 Å². The van der Waals surface area contributed by atoms with E-state index in [1.165, 1.54) is 74.7 Å². The summed E-state index contributed by atoms with van der Waals surface area (Å²) in [6, 6.07) is 8.98. The van der Waals surface area contributed by atoms with Crippen LogP contribution in [0.1, 0.15) is 70.3 Å². The molecule has 25 heavy (non-hydrogen) atoms. The van der Waals surface area contributed by atoms with Gasteiger partial charge < -0.3 is 9.80 Å². The molecule has 1 aromatic carbocycles. The van der Waals surface area contributed by atoms with Gasteiger partial charge in [0.2, 0.25) is 0 Å². The van der Waals surface area contributed by atoms with Gasteiger partial charge in [-0.25, -0.2) is 0 Å². The summed E-state index contributed by atoms with van der Waals surface area (Å²) in [6.45, 7) is 4.66. The lowest BCUT2D eigenvalue weighted by Crippen LogP contribution is -2.44. The molecule has 1 heterocycles. The smallest absolute Gasteiger partial charge is 0.108 e. The van der Waals surface area contributed by atoms with Crippen molar-refractivity contribution in [3.8, 4) is 0 Å². The van der Waals surface area contributed by atoms with E-state index in [0.29, 0.717) is 6.17 Å². The van der Waals surface area contributed by atoms with Gasteiger partial charge in [-0.15, -0.1) is 0 Å². The Labute approximate surface area is 153 Å². The fraction of sp³-hybridized carbons (Fsp3) is 0.652. The lowest BCUT2D eigenvalue weighted by molar-refractivity contribution is 0.213. The molecule has 0 amide bonds. The number of rotatable bonds is 3. The topological polar surface area (TPSA) is 6.48 Å². The Morgan fingerprint density at radius 2 is 1.48 bits per heavy atom. The van der Waals surface area contributed by atoms with Gasteiger partial charge in [-0.3, -0.25) is 0 Å². The van der Waals surface area contributed by atoms with Crippen molar-refractivity contribution in [2.24, 2.45) is 11.8 Å². The summed E-state index contributed by atoms with van der Waals surface area (Å²) >= 11 is 0. The molecular formula is C23H34N2. The van der Waals surface area contributed by atoms with E-state index in [1.54, 1.807) is 5.70 Å². The molecule has 0 spiro atoms. The minimum atomic E-state index is 0.528. The van der Waals surface area contributed by atoms with Gasteiger partial charge >= 0.3 is 0 Å². The minimum absolute atomic E-state index is 0.528. The van der Waals surface area contributed by atoms with E-state index in [9.17, 15) is 0 Å². The standard InChI is InChI=1S/C23H34N2/c1-17-11-7-10-16-21(17)25-18(2)22(19-12-5-4-6-13-19)24(3)23(25)20-14-8-9-15-20/h7,10-11,16,19-20,23H,4-6,8-9,12-15H2,1-3H3. The Morgan fingerprint density at radius 3 is 2.16 bits per heavy atom. The summed E-state index contributed by atoms with van der Waals surface area (Å²) < 4.78 is 0. The van der Waals surface area contributed by atoms with Gasteiger partial charge in [0.15, 0.2) is 0 Å². The Balaban J connectivity index is 1.75. The number of aryl methyl sites for hydroxylation is 1. The zero-order valence-electron chi connectivity index (χ0n) is 16.3. The third-order valence-corrected chi connectivity index (χ3v) is 6.96. The molecule has 1 aromatic rings. The molecule has 2 fully saturated rings. The highest BCUT2D eigenvalue weighted by atomic mass is 15.4. The van der Waals surface area contributed by atoms with Crippen LogP contribution >= 0.6 is 0 Å². The monoisotopic (exact) mass is 338 g/mol. The highest BCUT2D eigenvalue weighted by Crippen LogP contribution is 2.46. The number of para-hydroxylation sites is 1. The van der Waals surface area contributed by atoms with E-state index < -0.39 is 0 Å². The molecule has 1 unspecified atom stereocenters. The fourth-order valence-electron chi connectivity index (χ4n) is 5.79. The summed E-state index contributed by atoms with van der Waals surface area (Å²) in [4.78, 5) is 5.39. The number of hydrogen-bond donors (Lipinski definition) is 0. The van der Waals surface area contributed by atoms with Crippen LogP contribution in [0.25, 0.3) is 0 Å². The lowest BCUT2D eigenvalue weighted by Gasteiger charge is -2.38. The first-order chi connectivity index (χ1) is 12.2. The molecule has 2 saturated carbocycles. The Hall–Kier alpha value is -1.44. The van der Waals surface area contributed by atoms with Gasteiger partial charge in [0.05, 0.1) is 0 Å². The number of allylic oxidation sites excluding steroid dienone is 2. The van der Waals surface area contributed by atoms with E-state index in [1.807, 2.05) is 0 Å². The maximum Gasteiger partial charge on any atom is 0.108 e. The SMILES string of the molecule is CC1=C(C2CCCCC2)N(C)C(C2CCCC2)N1c1ccccc1C. The second kappa shape index (κ2) is 7.05.